The molecule has 136 valence electrons. The van der Waals surface area contributed by atoms with Crippen LogP contribution in [0.15, 0.2) is 58.3 Å². The summed E-state index contributed by atoms with van der Waals surface area (Å²) in [4.78, 5) is 40.6. The molecular formula is C19H11N5O4. The number of aryl methyl sites for hydroxylation is 1. The van der Waals surface area contributed by atoms with Crippen LogP contribution in [0.2, 0.25) is 0 Å². The molecule has 9 nitrogen and oxygen atoms in total. The Morgan fingerprint density at radius 1 is 1.11 bits per heavy atom. The van der Waals surface area contributed by atoms with Crippen LogP contribution in [0, 0.1) is 28.4 Å². The molecule has 0 unspecified atom stereocenters. The van der Waals surface area contributed by atoms with Crippen LogP contribution in [0.25, 0.3) is 22.4 Å². The first-order valence-corrected chi connectivity index (χ1v) is 8.15. The highest BCUT2D eigenvalue weighted by molar-refractivity contribution is 5.80. The van der Waals surface area contributed by atoms with Crippen molar-refractivity contribution in [1.29, 1.82) is 5.26 Å². The number of fused-ring (bicyclic) bond motifs is 2. The third-order valence-corrected chi connectivity index (χ3v) is 4.44. The number of pyridine rings is 2. The van der Waals surface area contributed by atoms with Crippen molar-refractivity contribution in [3.63, 3.8) is 0 Å². The van der Waals surface area contributed by atoms with Gasteiger partial charge in [0.15, 0.2) is 5.65 Å². The van der Waals surface area contributed by atoms with E-state index in [1.54, 1.807) is 31.3 Å². The maximum atomic E-state index is 13.0. The second-order valence-corrected chi connectivity index (χ2v) is 6.12. The molecule has 0 spiro atoms. The lowest BCUT2D eigenvalue weighted by atomic mass is 10.2. The van der Waals surface area contributed by atoms with Crippen molar-refractivity contribution >= 4 is 22.4 Å². The summed E-state index contributed by atoms with van der Waals surface area (Å²) in [5.74, 6) is 0. The monoisotopic (exact) mass is 373 g/mol. The Kier molecular flexibility index (Phi) is 3.75. The fourth-order valence-corrected chi connectivity index (χ4v) is 3.06. The Morgan fingerprint density at radius 3 is 2.46 bits per heavy atom. The maximum absolute atomic E-state index is 13.0. The number of rotatable bonds is 2. The number of nitro benzene ring substituents is 1. The van der Waals surface area contributed by atoms with Crippen molar-refractivity contribution in [2.24, 2.45) is 0 Å². The predicted octanol–water partition coefficient (Wildman–Crippen LogP) is 2.09. The van der Waals surface area contributed by atoms with E-state index in [0.717, 1.165) is 10.1 Å². The summed E-state index contributed by atoms with van der Waals surface area (Å²) in [5, 5.41) is 20.3. The second-order valence-electron chi connectivity index (χ2n) is 6.12. The standard InChI is InChI=1S/C19H11N5O4/c1-11-3-2-8-22-16(11)21-17-15(19(22)26)9-12(10-20)18(25)23(17)13-4-6-14(7-5-13)24(27)28/h2-9H,1H3. The maximum Gasteiger partial charge on any atom is 0.274 e. The van der Waals surface area contributed by atoms with Crippen molar-refractivity contribution in [2.75, 3.05) is 0 Å². The molecule has 0 aliphatic heterocycles. The summed E-state index contributed by atoms with van der Waals surface area (Å²) in [6.07, 6.45) is 1.56. The SMILES string of the molecule is Cc1cccn2c(=O)c3cc(C#N)c(=O)n(-c4ccc([N+](=O)[O-])cc4)c3nc12. The first-order chi connectivity index (χ1) is 13.4. The fourth-order valence-electron chi connectivity index (χ4n) is 3.06. The Morgan fingerprint density at radius 2 is 1.82 bits per heavy atom. The highest BCUT2D eigenvalue weighted by atomic mass is 16.6. The number of non-ortho nitro benzene ring substituents is 1. The van der Waals surface area contributed by atoms with Gasteiger partial charge in [0.05, 0.1) is 16.0 Å². The predicted molar refractivity (Wildman–Crippen MR) is 101 cm³/mol. The highest BCUT2D eigenvalue weighted by Crippen LogP contribution is 2.19. The van der Waals surface area contributed by atoms with E-state index in [4.69, 9.17) is 0 Å². The van der Waals surface area contributed by atoms with Crippen LogP contribution in [0.3, 0.4) is 0 Å². The first-order valence-electron chi connectivity index (χ1n) is 8.15. The number of nitrogens with zero attached hydrogens (tertiary/aromatic N) is 5. The third-order valence-electron chi connectivity index (χ3n) is 4.44. The molecular weight excluding hydrogens is 362 g/mol. The van der Waals surface area contributed by atoms with Gasteiger partial charge in [-0.2, -0.15) is 5.26 Å². The minimum absolute atomic E-state index is 0.0807. The minimum Gasteiger partial charge on any atom is -0.268 e. The molecule has 3 aromatic heterocycles. The zero-order valence-electron chi connectivity index (χ0n) is 14.5. The molecule has 0 amide bonds. The average molecular weight is 373 g/mol. The van der Waals surface area contributed by atoms with Gasteiger partial charge in [0, 0.05) is 18.3 Å². The molecule has 0 saturated heterocycles. The van der Waals surface area contributed by atoms with Crippen LogP contribution in [0.4, 0.5) is 5.69 Å². The molecule has 28 heavy (non-hydrogen) atoms. The van der Waals surface area contributed by atoms with E-state index in [2.05, 4.69) is 4.98 Å². The molecule has 0 saturated carbocycles. The molecule has 4 rings (SSSR count). The number of aromatic nitrogens is 3. The van der Waals surface area contributed by atoms with Gasteiger partial charge < -0.3 is 0 Å². The molecule has 4 aromatic rings. The number of nitro groups is 1. The number of benzene rings is 1. The van der Waals surface area contributed by atoms with Crippen molar-refractivity contribution in [3.8, 4) is 11.8 Å². The smallest absolute Gasteiger partial charge is 0.268 e. The molecule has 0 atom stereocenters. The van der Waals surface area contributed by atoms with Crippen molar-refractivity contribution in [1.82, 2.24) is 14.0 Å². The summed E-state index contributed by atoms with van der Waals surface area (Å²) in [5.41, 5.74) is 0.00165. The van der Waals surface area contributed by atoms with Crippen LogP contribution in [0.1, 0.15) is 11.1 Å². The lowest BCUT2D eigenvalue weighted by Gasteiger charge is -2.12. The zero-order chi connectivity index (χ0) is 20.0. The normalized spacial score (nSPS) is 10.9. The van der Waals surface area contributed by atoms with E-state index in [1.807, 2.05) is 0 Å². The molecule has 0 N–H and O–H groups in total. The largest absolute Gasteiger partial charge is 0.274 e. The minimum atomic E-state index is -0.659. The van der Waals surface area contributed by atoms with E-state index in [0.29, 0.717) is 5.65 Å². The second kappa shape index (κ2) is 6.14. The molecule has 0 aliphatic rings. The van der Waals surface area contributed by atoms with Crippen LogP contribution >= 0.6 is 0 Å². The zero-order valence-corrected chi connectivity index (χ0v) is 14.5. The topological polar surface area (TPSA) is 123 Å². The Hall–Kier alpha value is -4.32. The van der Waals surface area contributed by atoms with E-state index in [9.17, 15) is 25.0 Å². The van der Waals surface area contributed by atoms with Gasteiger partial charge in [0.2, 0.25) is 0 Å². The van der Waals surface area contributed by atoms with Gasteiger partial charge in [0.25, 0.3) is 16.8 Å². The Balaban J connectivity index is 2.19. The lowest BCUT2D eigenvalue weighted by Crippen LogP contribution is -2.26. The van der Waals surface area contributed by atoms with Gasteiger partial charge in [0.1, 0.15) is 17.3 Å². The lowest BCUT2D eigenvalue weighted by molar-refractivity contribution is -0.384. The van der Waals surface area contributed by atoms with Crippen LogP contribution in [0.5, 0.6) is 0 Å². The molecule has 0 aliphatic carbocycles. The quantitative estimate of drug-likeness (QED) is 0.301. The van der Waals surface area contributed by atoms with Gasteiger partial charge >= 0.3 is 0 Å². The first kappa shape index (κ1) is 17.1. The third kappa shape index (κ3) is 2.44. The van der Waals surface area contributed by atoms with E-state index < -0.39 is 16.0 Å². The van der Waals surface area contributed by atoms with Crippen LogP contribution < -0.4 is 11.1 Å². The highest BCUT2D eigenvalue weighted by Gasteiger charge is 2.17. The van der Waals surface area contributed by atoms with E-state index in [1.165, 1.54) is 34.7 Å². The van der Waals surface area contributed by atoms with Gasteiger partial charge in [-0.15, -0.1) is 0 Å². The Bertz CT molecular complexity index is 1440. The van der Waals surface area contributed by atoms with E-state index in [-0.39, 0.29) is 28.0 Å². The van der Waals surface area contributed by atoms with Crippen molar-refractivity contribution in [3.05, 3.63) is 90.6 Å². The molecule has 3 heterocycles. The Labute approximate surface area is 156 Å². The average Bonchev–Trinajstić information content (AvgIpc) is 2.69. The number of nitriles is 1. The summed E-state index contributed by atoms with van der Waals surface area (Å²) in [7, 11) is 0. The molecule has 9 heteroatoms. The molecule has 1 aromatic carbocycles. The van der Waals surface area contributed by atoms with E-state index >= 15 is 0 Å². The summed E-state index contributed by atoms with van der Waals surface area (Å²) < 4.78 is 2.48. The molecule has 0 bridgehead atoms. The van der Waals surface area contributed by atoms with Crippen LogP contribution in [-0.4, -0.2) is 18.9 Å². The summed E-state index contributed by atoms with van der Waals surface area (Å²) >= 11 is 0. The van der Waals surface area contributed by atoms with Gasteiger partial charge in [-0.05, 0) is 36.8 Å². The van der Waals surface area contributed by atoms with Crippen molar-refractivity contribution < 1.29 is 4.92 Å². The van der Waals surface area contributed by atoms with Gasteiger partial charge in [-0.3, -0.25) is 28.7 Å². The summed E-state index contributed by atoms with van der Waals surface area (Å²) in [6.45, 7) is 1.78. The van der Waals surface area contributed by atoms with Crippen molar-refractivity contribution in [2.45, 2.75) is 6.92 Å². The fraction of sp³-hybridized carbons (Fsp3) is 0.0526. The van der Waals surface area contributed by atoms with Gasteiger partial charge in [-0.1, -0.05) is 6.07 Å². The van der Waals surface area contributed by atoms with Gasteiger partial charge in [-0.25, -0.2) is 4.98 Å². The van der Waals surface area contributed by atoms with Crippen LogP contribution in [-0.2, 0) is 0 Å². The summed E-state index contributed by atoms with van der Waals surface area (Å²) in [6, 6.07) is 11.7. The molecule has 0 fully saturated rings. The number of hydrogen-bond acceptors (Lipinski definition) is 6. The molecule has 0 radical (unpaired) electrons. The number of hydrogen-bond donors (Lipinski definition) is 0.